The largest absolute Gasteiger partial charge is 0.249 e. The number of halogens is 1. The van der Waals surface area contributed by atoms with Gasteiger partial charge in [0.05, 0.1) is 10.6 Å². The van der Waals surface area contributed by atoms with E-state index in [4.69, 9.17) is 16.9 Å². The molecule has 13 heavy (non-hydrogen) atoms. The lowest BCUT2D eigenvalue weighted by atomic mass is 10.3. The van der Waals surface area contributed by atoms with Crippen molar-refractivity contribution in [1.29, 1.82) is 5.26 Å². The summed E-state index contributed by atoms with van der Waals surface area (Å²) in [4.78, 5) is 4.12. The molecule has 0 spiro atoms. The number of nitrogens with zero attached hydrogens (tertiary/aromatic N) is 2. The Bertz CT molecular complexity index is 304. The average molecular weight is 213 g/mol. The van der Waals surface area contributed by atoms with Gasteiger partial charge >= 0.3 is 0 Å². The quantitative estimate of drug-likeness (QED) is 0.571. The standard InChI is InChI=1S/C9H9ClN2S/c1-7(4-10)13-9-3-2-8(5-11)6-12-9/h2-3,6-7H,4H2,1H3. The van der Waals surface area contributed by atoms with Crippen molar-refractivity contribution in [3.8, 4) is 6.07 Å². The van der Waals surface area contributed by atoms with Crippen molar-refractivity contribution in [3.63, 3.8) is 0 Å². The van der Waals surface area contributed by atoms with Crippen molar-refractivity contribution in [2.75, 3.05) is 5.88 Å². The number of alkyl halides is 1. The first kappa shape index (κ1) is 10.4. The Kier molecular flexibility index (Phi) is 4.07. The van der Waals surface area contributed by atoms with Crippen LogP contribution in [0.25, 0.3) is 0 Å². The normalized spacial score (nSPS) is 12.1. The number of pyridine rings is 1. The van der Waals surface area contributed by atoms with Gasteiger partial charge in [0, 0.05) is 17.3 Å². The molecule has 1 heterocycles. The summed E-state index contributed by atoms with van der Waals surface area (Å²) in [6.07, 6.45) is 1.57. The van der Waals surface area contributed by atoms with Crippen molar-refractivity contribution in [3.05, 3.63) is 23.9 Å². The number of nitriles is 1. The smallest absolute Gasteiger partial charge is 0.101 e. The Balaban J connectivity index is 2.65. The second kappa shape index (κ2) is 5.11. The molecule has 0 saturated heterocycles. The van der Waals surface area contributed by atoms with Gasteiger partial charge in [0.2, 0.25) is 0 Å². The van der Waals surface area contributed by atoms with Crippen molar-refractivity contribution < 1.29 is 0 Å². The second-order valence-corrected chi connectivity index (χ2v) is 4.35. The topological polar surface area (TPSA) is 36.7 Å². The maximum absolute atomic E-state index is 8.54. The summed E-state index contributed by atoms with van der Waals surface area (Å²) in [7, 11) is 0. The van der Waals surface area contributed by atoms with E-state index in [0.717, 1.165) is 5.03 Å². The Labute approximate surface area is 86.9 Å². The van der Waals surface area contributed by atoms with Crippen LogP contribution < -0.4 is 0 Å². The highest BCUT2D eigenvalue weighted by atomic mass is 35.5. The van der Waals surface area contributed by atoms with Gasteiger partial charge in [-0.25, -0.2) is 4.98 Å². The first-order valence-corrected chi connectivity index (χ1v) is 5.26. The monoisotopic (exact) mass is 212 g/mol. The summed E-state index contributed by atoms with van der Waals surface area (Å²) in [6.45, 7) is 2.04. The molecule has 0 aliphatic carbocycles. The highest BCUT2D eigenvalue weighted by Gasteiger charge is 2.03. The molecule has 0 N–H and O–H groups in total. The summed E-state index contributed by atoms with van der Waals surface area (Å²) in [5.41, 5.74) is 0.586. The molecule has 1 aromatic heterocycles. The molecule has 68 valence electrons. The lowest BCUT2D eigenvalue weighted by Gasteiger charge is -2.04. The van der Waals surface area contributed by atoms with Crippen LogP contribution in [0.3, 0.4) is 0 Å². The van der Waals surface area contributed by atoms with Crippen molar-refractivity contribution in [2.45, 2.75) is 17.2 Å². The lowest BCUT2D eigenvalue weighted by Crippen LogP contribution is -1.97. The fourth-order valence-corrected chi connectivity index (χ4v) is 1.68. The van der Waals surface area contributed by atoms with Crippen LogP contribution in [-0.4, -0.2) is 16.1 Å². The van der Waals surface area contributed by atoms with Crippen LogP contribution in [0.2, 0.25) is 0 Å². The average Bonchev–Trinajstić information content (AvgIpc) is 2.19. The third-order valence-electron chi connectivity index (χ3n) is 1.40. The Hall–Kier alpha value is -0.720. The number of aromatic nitrogens is 1. The van der Waals surface area contributed by atoms with E-state index >= 15 is 0 Å². The van der Waals surface area contributed by atoms with Gasteiger partial charge in [0.15, 0.2) is 0 Å². The zero-order valence-corrected chi connectivity index (χ0v) is 8.77. The van der Waals surface area contributed by atoms with Gasteiger partial charge in [0.25, 0.3) is 0 Å². The van der Waals surface area contributed by atoms with E-state index in [1.165, 1.54) is 0 Å². The molecule has 0 bridgehead atoms. The maximum atomic E-state index is 8.54. The molecule has 0 radical (unpaired) electrons. The number of hydrogen-bond donors (Lipinski definition) is 0. The van der Waals surface area contributed by atoms with Crippen LogP contribution in [0.15, 0.2) is 23.4 Å². The molecule has 0 aliphatic heterocycles. The van der Waals surface area contributed by atoms with Crippen LogP contribution in [0.5, 0.6) is 0 Å². The van der Waals surface area contributed by atoms with Gasteiger partial charge in [-0.1, -0.05) is 6.92 Å². The molecule has 1 atom stereocenters. The molecule has 1 unspecified atom stereocenters. The second-order valence-electron chi connectivity index (χ2n) is 2.58. The molecule has 4 heteroatoms. The van der Waals surface area contributed by atoms with Crippen LogP contribution in [0, 0.1) is 11.3 Å². The predicted molar refractivity (Wildman–Crippen MR) is 55.0 cm³/mol. The van der Waals surface area contributed by atoms with E-state index in [9.17, 15) is 0 Å². The summed E-state index contributed by atoms with van der Waals surface area (Å²) in [5.74, 6) is 0.604. The Morgan fingerprint density at radius 2 is 2.46 bits per heavy atom. The molecule has 0 aromatic carbocycles. The Morgan fingerprint density at radius 1 is 1.69 bits per heavy atom. The summed E-state index contributed by atoms with van der Waals surface area (Å²) in [6, 6.07) is 5.62. The first-order valence-electron chi connectivity index (χ1n) is 3.85. The number of thioether (sulfide) groups is 1. The van der Waals surface area contributed by atoms with Crippen LogP contribution >= 0.6 is 23.4 Å². The van der Waals surface area contributed by atoms with Gasteiger partial charge in [0.1, 0.15) is 6.07 Å². The third kappa shape index (κ3) is 3.25. The van der Waals surface area contributed by atoms with Crippen molar-refractivity contribution in [1.82, 2.24) is 4.98 Å². The molecule has 0 saturated carbocycles. The van der Waals surface area contributed by atoms with Gasteiger partial charge in [-0.05, 0) is 12.1 Å². The molecule has 2 nitrogen and oxygen atoms in total. The van der Waals surface area contributed by atoms with E-state index in [-0.39, 0.29) is 0 Å². The highest BCUT2D eigenvalue weighted by Crippen LogP contribution is 2.21. The zero-order chi connectivity index (χ0) is 9.68. The van der Waals surface area contributed by atoms with Crippen LogP contribution in [0.1, 0.15) is 12.5 Å². The first-order chi connectivity index (χ1) is 6.26. The summed E-state index contributed by atoms with van der Waals surface area (Å²) < 4.78 is 0. The molecule has 0 amide bonds. The number of rotatable bonds is 3. The van der Waals surface area contributed by atoms with Gasteiger partial charge in [-0.15, -0.1) is 23.4 Å². The fraction of sp³-hybridized carbons (Fsp3) is 0.333. The van der Waals surface area contributed by atoms with E-state index in [0.29, 0.717) is 16.7 Å². The third-order valence-corrected chi connectivity index (χ3v) is 3.10. The summed E-state index contributed by atoms with van der Waals surface area (Å²) >= 11 is 7.27. The van der Waals surface area contributed by atoms with Crippen molar-refractivity contribution >= 4 is 23.4 Å². The van der Waals surface area contributed by atoms with E-state index in [1.54, 1.807) is 24.0 Å². The lowest BCUT2D eigenvalue weighted by molar-refractivity contribution is 1.07. The molecule has 1 rings (SSSR count). The van der Waals surface area contributed by atoms with Crippen LogP contribution in [0.4, 0.5) is 0 Å². The minimum atomic E-state index is 0.349. The fourth-order valence-electron chi connectivity index (χ4n) is 0.754. The van der Waals surface area contributed by atoms with E-state index in [2.05, 4.69) is 4.98 Å². The molecular weight excluding hydrogens is 204 g/mol. The molecule has 0 aliphatic rings. The zero-order valence-electron chi connectivity index (χ0n) is 7.20. The molecule has 0 fully saturated rings. The van der Waals surface area contributed by atoms with Crippen molar-refractivity contribution in [2.24, 2.45) is 0 Å². The minimum absolute atomic E-state index is 0.349. The Morgan fingerprint density at radius 3 is 2.92 bits per heavy atom. The molecule has 1 aromatic rings. The maximum Gasteiger partial charge on any atom is 0.101 e. The van der Waals surface area contributed by atoms with E-state index < -0.39 is 0 Å². The number of hydrogen-bond acceptors (Lipinski definition) is 3. The summed E-state index contributed by atoms with van der Waals surface area (Å²) in [5, 5.41) is 9.80. The van der Waals surface area contributed by atoms with Gasteiger partial charge < -0.3 is 0 Å². The van der Waals surface area contributed by atoms with Crippen LogP contribution in [-0.2, 0) is 0 Å². The van der Waals surface area contributed by atoms with Gasteiger partial charge in [-0.2, -0.15) is 5.26 Å². The molecular formula is C9H9ClN2S. The SMILES string of the molecule is CC(CCl)Sc1ccc(C#N)cn1. The van der Waals surface area contributed by atoms with E-state index in [1.807, 2.05) is 19.1 Å². The van der Waals surface area contributed by atoms with Gasteiger partial charge in [-0.3, -0.25) is 0 Å². The highest BCUT2D eigenvalue weighted by molar-refractivity contribution is 7.99. The predicted octanol–water partition coefficient (Wildman–Crippen LogP) is 2.67. The minimum Gasteiger partial charge on any atom is -0.249 e.